The van der Waals surface area contributed by atoms with E-state index in [1.54, 1.807) is 7.11 Å². The smallest absolute Gasteiger partial charge is 0.244 e. The molecule has 3 aliphatic rings. The highest BCUT2D eigenvalue weighted by atomic mass is 16.5. The lowest BCUT2D eigenvalue weighted by molar-refractivity contribution is -0.123. The number of para-hydroxylation sites is 2. The van der Waals surface area contributed by atoms with Crippen LogP contribution in [0.5, 0.6) is 11.5 Å². The van der Waals surface area contributed by atoms with Crippen LogP contribution in [0.4, 0.5) is 5.69 Å². The third kappa shape index (κ3) is 3.48. The van der Waals surface area contributed by atoms with Gasteiger partial charge in [0, 0.05) is 19.0 Å². The van der Waals surface area contributed by atoms with Crippen molar-refractivity contribution in [3.05, 3.63) is 54.1 Å². The van der Waals surface area contributed by atoms with Gasteiger partial charge in [0.2, 0.25) is 5.91 Å². The maximum atomic E-state index is 13.8. The fourth-order valence-electron chi connectivity index (χ4n) is 5.12. The lowest BCUT2D eigenvalue weighted by Gasteiger charge is -2.34. The van der Waals surface area contributed by atoms with Crippen molar-refractivity contribution in [2.24, 2.45) is 0 Å². The van der Waals surface area contributed by atoms with E-state index in [0.29, 0.717) is 12.6 Å². The summed E-state index contributed by atoms with van der Waals surface area (Å²) in [7, 11) is 1.67. The molecule has 1 saturated heterocycles. The number of carbonyl (C=O) groups is 1. The second-order valence-corrected chi connectivity index (χ2v) is 8.37. The zero-order valence-electron chi connectivity index (χ0n) is 16.9. The first kappa shape index (κ1) is 18.5. The van der Waals surface area contributed by atoms with Gasteiger partial charge in [0.1, 0.15) is 17.6 Å². The molecule has 2 bridgehead atoms. The molecule has 1 aliphatic carbocycles. The zero-order chi connectivity index (χ0) is 19.8. The second kappa shape index (κ2) is 7.71. The van der Waals surface area contributed by atoms with Gasteiger partial charge in [0.05, 0.1) is 25.4 Å². The van der Waals surface area contributed by atoms with Gasteiger partial charge in [-0.05, 0) is 42.7 Å². The van der Waals surface area contributed by atoms with E-state index < -0.39 is 0 Å². The van der Waals surface area contributed by atoms with E-state index in [4.69, 9.17) is 9.47 Å². The van der Waals surface area contributed by atoms with E-state index >= 15 is 0 Å². The number of benzene rings is 2. The predicted molar refractivity (Wildman–Crippen MR) is 112 cm³/mol. The van der Waals surface area contributed by atoms with E-state index in [2.05, 4.69) is 4.90 Å². The summed E-state index contributed by atoms with van der Waals surface area (Å²) in [6, 6.07) is 16.3. The molecule has 1 saturated carbocycles. The van der Waals surface area contributed by atoms with Crippen LogP contribution in [0.3, 0.4) is 0 Å². The van der Waals surface area contributed by atoms with Crippen LogP contribution < -0.4 is 14.4 Å². The van der Waals surface area contributed by atoms with Gasteiger partial charge < -0.3 is 14.4 Å². The number of anilines is 1. The Hall–Kier alpha value is -2.53. The number of rotatable bonds is 4. The van der Waals surface area contributed by atoms with Gasteiger partial charge in [0.15, 0.2) is 0 Å². The summed E-state index contributed by atoms with van der Waals surface area (Å²) in [5, 5.41) is 0. The van der Waals surface area contributed by atoms with Gasteiger partial charge in [-0.2, -0.15) is 0 Å². The minimum Gasteiger partial charge on any atom is -0.497 e. The Bertz CT molecular complexity index is 876. The summed E-state index contributed by atoms with van der Waals surface area (Å²) in [4.78, 5) is 18.2. The van der Waals surface area contributed by atoms with E-state index in [1.165, 1.54) is 25.7 Å². The number of amides is 1. The van der Waals surface area contributed by atoms with Crippen LogP contribution in [0.15, 0.2) is 48.5 Å². The summed E-state index contributed by atoms with van der Waals surface area (Å²) >= 11 is 0. The number of hydrogen-bond acceptors (Lipinski definition) is 4. The number of nitrogens with zero attached hydrogens (tertiary/aromatic N) is 2. The molecule has 1 amide bonds. The van der Waals surface area contributed by atoms with Gasteiger partial charge in [-0.15, -0.1) is 0 Å². The van der Waals surface area contributed by atoms with Crippen LogP contribution in [0.25, 0.3) is 0 Å². The van der Waals surface area contributed by atoms with Crippen LogP contribution in [0, 0.1) is 0 Å². The molecule has 152 valence electrons. The Kier molecular flexibility index (Phi) is 4.92. The molecular formula is C24H28N2O3. The third-order valence-electron chi connectivity index (χ3n) is 6.60. The minimum absolute atomic E-state index is 0.0882. The van der Waals surface area contributed by atoms with Crippen molar-refractivity contribution in [1.82, 2.24) is 4.90 Å². The molecule has 5 nitrogen and oxygen atoms in total. The molecule has 0 aromatic heterocycles. The topological polar surface area (TPSA) is 42.0 Å². The van der Waals surface area contributed by atoms with Crippen molar-refractivity contribution in [3.8, 4) is 11.5 Å². The van der Waals surface area contributed by atoms with Crippen LogP contribution in [-0.2, 0) is 11.3 Å². The molecule has 5 rings (SSSR count). The lowest BCUT2D eigenvalue weighted by Crippen LogP contribution is -2.48. The second-order valence-electron chi connectivity index (χ2n) is 8.37. The molecule has 0 N–H and O–H groups in total. The van der Waals surface area contributed by atoms with Crippen molar-refractivity contribution in [1.29, 1.82) is 0 Å². The number of methoxy groups -OCH3 is 1. The Labute approximate surface area is 172 Å². The normalized spacial score (nSPS) is 24.7. The number of hydrogen-bond donors (Lipinski definition) is 0. The highest BCUT2D eigenvalue weighted by Crippen LogP contribution is 2.39. The van der Waals surface area contributed by atoms with Gasteiger partial charge in [-0.25, -0.2) is 0 Å². The largest absolute Gasteiger partial charge is 0.497 e. The van der Waals surface area contributed by atoms with Crippen LogP contribution >= 0.6 is 0 Å². The average molecular weight is 392 g/mol. The number of ether oxygens (including phenoxy) is 2. The first-order valence-corrected chi connectivity index (χ1v) is 10.7. The summed E-state index contributed by atoms with van der Waals surface area (Å²) in [5.74, 6) is 1.83. The van der Waals surface area contributed by atoms with Crippen molar-refractivity contribution < 1.29 is 14.3 Å². The Morgan fingerprint density at radius 3 is 2.59 bits per heavy atom. The minimum atomic E-state index is -0.0882. The standard InChI is InChI=1S/C24H28N2O3/c1-28-19-12-10-17(11-13-19)15-26-21-8-4-5-9-23(21)29-20-14-22(24(26)27)25(16-20)18-6-2-3-7-18/h4-5,8-13,18,20,22H,2-3,6-7,14-16H2,1H3/t20-,22-/m0/s1. The molecule has 0 spiro atoms. The third-order valence-corrected chi connectivity index (χ3v) is 6.60. The fraction of sp³-hybridized carbons (Fsp3) is 0.458. The van der Waals surface area contributed by atoms with Crippen LogP contribution in [0.2, 0.25) is 0 Å². The Morgan fingerprint density at radius 2 is 1.83 bits per heavy atom. The molecule has 2 heterocycles. The first-order valence-electron chi connectivity index (χ1n) is 10.7. The zero-order valence-corrected chi connectivity index (χ0v) is 16.9. The van der Waals surface area contributed by atoms with Crippen LogP contribution in [0.1, 0.15) is 37.7 Å². The van der Waals surface area contributed by atoms with E-state index in [-0.39, 0.29) is 18.1 Å². The molecule has 2 aromatic rings. The van der Waals surface area contributed by atoms with Crippen molar-refractivity contribution in [3.63, 3.8) is 0 Å². The molecule has 0 radical (unpaired) electrons. The van der Waals surface area contributed by atoms with Gasteiger partial charge in [-0.3, -0.25) is 9.69 Å². The van der Waals surface area contributed by atoms with Crippen LogP contribution in [-0.4, -0.2) is 42.6 Å². The molecular weight excluding hydrogens is 364 g/mol. The number of carbonyl (C=O) groups excluding carboxylic acids is 1. The monoisotopic (exact) mass is 392 g/mol. The Balaban J connectivity index is 1.49. The molecule has 29 heavy (non-hydrogen) atoms. The first-order chi connectivity index (χ1) is 14.2. The molecule has 2 atom stereocenters. The highest BCUT2D eigenvalue weighted by Gasteiger charge is 2.45. The average Bonchev–Trinajstić information content (AvgIpc) is 3.42. The maximum absolute atomic E-state index is 13.8. The van der Waals surface area contributed by atoms with Gasteiger partial charge >= 0.3 is 0 Å². The summed E-state index contributed by atoms with van der Waals surface area (Å²) in [5.41, 5.74) is 1.95. The lowest BCUT2D eigenvalue weighted by atomic mass is 10.1. The SMILES string of the molecule is COc1ccc(CN2C(=O)[C@@H]3C[C@@H](CN3C3CCCC3)Oc3ccccc32)cc1. The number of likely N-dealkylation sites (tertiary alicyclic amines) is 1. The fourth-order valence-corrected chi connectivity index (χ4v) is 5.12. The van der Waals surface area contributed by atoms with Crippen molar-refractivity contribution >= 4 is 11.6 Å². The maximum Gasteiger partial charge on any atom is 0.244 e. The molecule has 5 heteroatoms. The predicted octanol–water partition coefficient (Wildman–Crippen LogP) is 4.01. The molecule has 2 aliphatic heterocycles. The number of fused-ring (bicyclic) bond motifs is 3. The van der Waals surface area contributed by atoms with E-state index in [1.807, 2.05) is 53.4 Å². The molecule has 2 fully saturated rings. The highest BCUT2D eigenvalue weighted by molar-refractivity contribution is 5.99. The summed E-state index contributed by atoms with van der Waals surface area (Å²) in [6.07, 6.45) is 5.80. The summed E-state index contributed by atoms with van der Waals surface area (Å²) in [6.45, 7) is 1.38. The van der Waals surface area contributed by atoms with Gasteiger partial charge in [0.25, 0.3) is 0 Å². The molecule has 0 unspecified atom stereocenters. The van der Waals surface area contributed by atoms with Crippen molar-refractivity contribution in [2.45, 2.75) is 56.8 Å². The molecule has 2 aromatic carbocycles. The Morgan fingerprint density at radius 1 is 1.07 bits per heavy atom. The van der Waals surface area contributed by atoms with Gasteiger partial charge in [-0.1, -0.05) is 37.1 Å². The van der Waals surface area contributed by atoms with Crippen molar-refractivity contribution in [2.75, 3.05) is 18.6 Å². The van der Waals surface area contributed by atoms with E-state index in [9.17, 15) is 4.79 Å². The summed E-state index contributed by atoms with van der Waals surface area (Å²) < 4.78 is 11.7. The van der Waals surface area contributed by atoms with E-state index in [0.717, 1.165) is 35.7 Å². The quantitative estimate of drug-likeness (QED) is 0.789.